The first-order valence-electron chi connectivity index (χ1n) is 13.2. The minimum absolute atomic E-state index is 0.0770. The van der Waals surface area contributed by atoms with E-state index in [1.807, 2.05) is 0 Å². The molecule has 1 aliphatic carbocycles. The second kappa shape index (κ2) is 10.3. The van der Waals surface area contributed by atoms with Crippen molar-refractivity contribution in [1.29, 1.82) is 15.8 Å². The predicted molar refractivity (Wildman–Crippen MR) is 155 cm³/mol. The quantitative estimate of drug-likeness (QED) is 0.304. The van der Waals surface area contributed by atoms with Crippen molar-refractivity contribution in [3.8, 4) is 18.2 Å². The Kier molecular flexibility index (Phi) is 6.99. The molecule has 11 heteroatoms. The van der Waals surface area contributed by atoms with Gasteiger partial charge in [-0.25, -0.2) is 4.39 Å². The van der Waals surface area contributed by atoms with Crippen LogP contribution in [-0.2, 0) is 5.44 Å². The first kappa shape index (κ1) is 27.8. The van der Waals surface area contributed by atoms with Crippen LogP contribution in [0.3, 0.4) is 0 Å². The van der Waals surface area contributed by atoms with Crippen molar-refractivity contribution in [2.75, 3.05) is 23.9 Å². The molecule has 0 spiro atoms. The molecule has 0 amide bonds. The van der Waals surface area contributed by atoms with Crippen LogP contribution in [0.4, 0.5) is 15.8 Å². The van der Waals surface area contributed by atoms with Gasteiger partial charge in [-0.3, -0.25) is 9.99 Å². The SMILES string of the molecule is [B]C(Nc1cc(C#N)c2ncc(C#N)c(NCC(C)(C)C)c2c1)(C1=CN(C2(CF)CC2)NN1)c1cccc(C#N)c1. The zero-order valence-corrected chi connectivity index (χ0v) is 23.1. The van der Waals surface area contributed by atoms with Crippen LogP contribution in [0.25, 0.3) is 10.9 Å². The number of hydrogen-bond donors (Lipinski definition) is 4. The molecule has 2 radical (unpaired) electrons. The minimum atomic E-state index is -1.43. The Hall–Kier alpha value is -4.79. The van der Waals surface area contributed by atoms with Crippen molar-refractivity contribution < 1.29 is 4.39 Å². The summed E-state index contributed by atoms with van der Waals surface area (Å²) < 4.78 is 13.9. The number of alkyl halides is 1. The Morgan fingerprint density at radius 2 is 1.85 bits per heavy atom. The molecular weight excluding hydrogens is 516 g/mol. The van der Waals surface area contributed by atoms with E-state index in [0.29, 0.717) is 69.6 Å². The van der Waals surface area contributed by atoms with Crippen LogP contribution in [0.1, 0.15) is 55.9 Å². The lowest BCUT2D eigenvalue weighted by Gasteiger charge is -2.34. The number of fused-ring (bicyclic) bond motifs is 1. The van der Waals surface area contributed by atoms with Crippen LogP contribution in [-0.4, -0.2) is 36.6 Å². The van der Waals surface area contributed by atoms with Crippen molar-refractivity contribution in [3.63, 3.8) is 0 Å². The lowest BCUT2D eigenvalue weighted by molar-refractivity contribution is 0.146. The van der Waals surface area contributed by atoms with Gasteiger partial charge < -0.3 is 16.1 Å². The average molecular weight is 545 g/mol. The third kappa shape index (κ3) is 5.23. The topological polar surface area (TPSA) is 136 Å². The van der Waals surface area contributed by atoms with Crippen molar-refractivity contribution in [1.82, 2.24) is 21.0 Å². The number of aromatic nitrogens is 1. The van der Waals surface area contributed by atoms with Gasteiger partial charge in [-0.1, -0.05) is 32.9 Å². The monoisotopic (exact) mass is 545 g/mol. The van der Waals surface area contributed by atoms with E-state index in [1.165, 1.54) is 6.20 Å². The van der Waals surface area contributed by atoms with Gasteiger partial charge in [0.15, 0.2) is 0 Å². The molecule has 2 heterocycles. The number of nitriles is 3. The summed E-state index contributed by atoms with van der Waals surface area (Å²) in [6, 6.07) is 16.9. The summed E-state index contributed by atoms with van der Waals surface area (Å²) in [6.45, 7) is 6.30. The molecule has 204 valence electrons. The Morgan fingerprint density at radius 1 is 1.10 bits per heavy atom. The van der Waals surface area contributed by atoms with E-state index in [4.69, 9.17) is 7.85 Å². The summed E-state index contributed by atoms with van der Waals surface area (Å²) in [6.07, 6.45) is 4.60. The summed E-state index contributed by atoms with van der Waals surface area (Å²) >= 11 is 0. The number of nitrogens with zero attached hydrogens (tertiary/aromatic N) is 5. The zero-order chi connectivity index (χ0) is 29.4. The third-order valence-corrected chi connectivity index (χ3v) is 7.38. The highest BCUT2D eigenvalue weighted by Crippen LogP contribution is 2.44. The van der Waals surface area contributed by atoms with Crippen LogP contribution in [0.2, 0.25) is 0 Å². The van der Waals surface area contributed by atoms with Gasteiger partial charge in [0.1, 0.15) is 26.7 Å². The van der Waals surface area contributed by atoms with Crippen molar-refractivity contribution in [3.05, 3.63) is 76.7 Å². The van der Waals surface area contributed by atoms with Crippen LogP contribution >= 0.6 is 0 Å². The Labute approximate surface area is 240 Å². The Morgan fingerprint density at radius 3 is 2.49 bits per heavy atom. The molecule has 5 rings (SSSR count). The van der Waals surface area contributed by atoms with Crippen molar-refractivity contribution in [2.24, 2.45) is 5.41 Å². The molecule has 1 atom stereocenters. The highest BCUT2D eigenvalue weighted by molar-refractivity contribution is 6.19. The zero-order valence-electron chi connectivity index (χ0n) is 23.1. The highest BCUT2D eigenvalue weighted by atomic mass is 19.1. The number of rotatable bonds is 8. The molecule has 3 aromatic rings. The number of hydrogen-bond acceptors (Lipinski definition) is 9. The number of hydrazine groups is 2. The van der Waals surface area contributed by atoms with Gasteiger partial charge in [0.25, 0.3) is 0 Å². The second-order valence-corrected chi connectivity index (χ2v) is 11.7. The van der Waals surface area contributed by atoms with Gasteiger partial charge in [0, 0.05) is 30.0 Å². The molecule has 2 aromatic carbocycles. The largest absolute Gasteiger partial charge is 0.383 e. The van der Waals surface area contributed by atoms with E-state index in [9.17, 15) is 20.2 Å². The number of anilines is 2. The standard InChI is InChI=1S/C30H29BFN9/c1-28(2,3)18-37-27-21(14-35)15-36-26-20(13-34)10-23(11-24(26)27)38-30(31,22-6-4-5-19(9-22)12-33)25-16-41(40-39-25)29(17-32)7-8-29/h4-6,9-11,15-16,38-40H,7-8,17-18H2,1-3H3,(H,36,37). The third-order valence-electron chi connectivity index (χ3n) is 7.38. The smallest absolute Gasteiger partial charge is 0.119 e. The fraction of sp³-hybridized carbons (Fsp3) is 0.333. The maximum absolute atomic E-state index is 13.9. The van der Waals surface area contributed by atoms with E-state index in [2.05, 4.69) is 65.6 Å². The molecule has 9 nitrogen and oxygen atoms in total. The van der Waals surface area contributed by atoms with Crippen LogP contribution in [0, 0.1) is 39.4 Å². The first-order valence-corrected chi connectivity index (χ1v) is 13.2. The molecule has 1 unspecified atom stereocenters. The van der Waals surface area contributed by atoms with Gasteiger partial charge in [-0.2, -0.15) is 15.8 Å². The molecular formula is C30H29BFN9. The van der Waals surface area contributed by atoms with Crippen LogP contribution < -0.4 is 21.6 Å². The second-order valence-electron chi connectivity index (χ2n) is 11.7. The average Bonchev–Trinajstić information content (AvgIpc) is 3.60. The van der Waals surface area contributed by atoms with Crippen molar-refractivity contribution >= 4 is 30.1 Å². The van der Waals surface area contributed by atoms with E-state index in [1.54, 1.807) is 47.6 Å². The van der Waals surface area contributed by atoms with Crippen LogP contribution in [0.5, 0.6) is 0 Å². The summed E-state index contributed by atoms with van der Waals surface area (Å²) in [5, 5.41) is 38.5. The molecule has 0 saturated heterocycles. The van der Waals surface area contributed by atoms with E-state index < -0.39 is 17.7 Å². The fourth-order valence-electron chi connectivity index (χ4n) is 4.80. The molecule has 4 N–H and O–H groups in total. The molecule has 41 heavy (non-hydrogen) atoms. The minimum Gasteiger partial charge on any atom is -0.383 e. The number of pyridine rings is 1. The maximum Gasteiger partial charge on any atom is 0.119 e. The normalized spacial score (nSPS) is 16.9. The summed E-state index contributed by atoms with van der Waals surface area (Å²) in [5.74, 6) is 0. The maximum atomic E-state index is 13.9. The lowest BCUT2D eigenvalue weighted by Crippen LogP contribution is -2.48. The van der Waals surface area contributed by atoms with E-state index in [0.717, 1.165) is 0 Å². The van der Waals surface area contributed by atoms with Gasteiger partial charge in [0.05, 0.1) is 50.6 Å². The Bertz CT molecular complexity index is 1670. The van der Waals surface area contributed by atoms with E-state index >= 15 is 0 Å². The number of halogens is 1. The van der Waals surface area contributed by atoms with E-state index in [-0.39, 0.29) is 5.41 Å². The molecule has 0 bridgehead atoms. The number of benzene rings is 2. The first-order chi connectivity index (χ1) is 19.6. The highest BCUT2D eigenvalue weighted by Gasteiger charge is 2.50. The van der Waals surface area contributed by atoms with Gasteiger partial charge >= 0.3 is 0 Å². The lowest BCUT2D eigenvalue weighted by atomic mass is 9.69. The fourth-order valence-corrected chi connectivity index (χ4v) is 4.80. The summed E-state index contributed by atoms with van der Waals surface area (Å²) in [5.41, 5.74) is 7.59. The summed E-state index contributed by atoms with van der Waals surface area (Å²) in [4.78, 5) is 4.42. The van der Waals surface area contributed by atoms with Gasteiger partial charge in [0.2, 0.25) is 0 Å². The predicted octanol–water partition coefficient (Wildman–Crippen LogP) is 4.41. The van der Waals surface area contributed by atoms with Crippen molar-refractivity contribution in [2.45, 2.75) is 44.6 Å². The molecule has 2 aliphatic rings. The Balaban J connectivity index is 1.65. The molecule has 1 aliphatic heterocycles. The van der Waals surface area contributed by atoms with Gasteiger partial charge in [-0.15, -0.1) is 5.53 Å². The molecule has 1 fully saturated rings. The summed E-state index contributed by atoms with van der Waals surface area (Å²) in [7, 11) is 7.11. The molecule has 1 aromatic heterocycles. The molecule has 1 saturated carbocycles. The number of nitrogens with one attached hydrogen (secondary N) is 4. The van der Waals surface area contributed by atoms with Gasteiger partial charge in [-0.05, 0) is 48.1 Å². The van der Waals surface area contributed by atoms with Crippen LogP contribution in [0.15, 0.2) is 54.5 Å².